The molecule has 0 saturated heterocycles. The average molecular weight is 671 g/mol. The van der Waals surface area contributed by atoms with E-state index < -0.39 is 6.10 Å². The molecule has 4 aliphatic carbocycles. The van der Waals surface area contributed by atoms with Gasteiger partial charge in [-0.05, 0) is 91.1 Å². The average Bonchev–Trinajstić information content (AvgIpc) is 3.56. The number of aliphatic hydroxyl groups excluding tert-OH is 1. The zero-order chi connectivity index (χ0) is 26.1. The van der Waals surface area contributed by atoms with Crippen LogP contribution in [0.2, 0.25) is 0 Å². The van der Waals surface area contributed by atoms with Crippen LogP contribution in [-0.4, -0.2) is 11.2 Å². The van der Waals surface area contributed by atoms with Crippen molar-refractivity contribution in [2.45, 2.75) is 105 Å². The summed E-state index contributed by atoms with van der Waals surface area (Å²) in [6, 6.07) is 0. The van der Waals surface area contributed by atoms with E-state index in [4.69, 9.17) is 0 Å². The Bertz CT molecular complexity index is 973. The van der Waals surface area contributed by atoms with Gasteiger partial charge in [0.05, 0.1) is 6.10 Å². The van der Waals surface area contributed by atoms with Crippen molar-refractivity contribution in [3.8, 4) is 0 Å². The summed E-state index contributed by atoms with van der Waals surface area (Å²) < 4.78 is 0. The van der Waals surface area contributed by atoms with E-state index in [0.717, 1.165) is 24.3 Å². The Hall–Kier alpha value is -0.912. The first-order valence-electron chi connectivity index (χ1n) is 14.7. The molecule has 1 unspecified atom stereocenters. The Labute approximate surface area is 242 Å². The van der Waals surface area contributed by atoms with Gasteiger partial charge in [0, 0.05) is 0 Å². The molecular formula is C35H50OW. The van der Waals surface area contributed by atoms with Crippen LogP contribution in [-0.2, 0) is 21.1 Å². The van der Waals surface area contributed by atoms with Gasteiger partial charge in [0.2, 0.25) is 0 Å². The van der Waals surface area contributed by atoms with Gasteiger partial charge in [-0.15, -0.1) is 13.8 Å². The van der Waals surface area contributed by atoms with Crippen molar-refractivity contribution in [1.29, 1.82) is 0 Å². The smallest absolute Gasteiger partial charge is 0.390 e. The molecule has 2 heteroatoms. The number of aliphatic hydroxyl groups is 1. The van der Waals surface area contributed by atoms with Gasteiger partial charge in [-0.3, -0.25) is 0 Å². The number of hydrogen-bond acceptors (Lipinski definition) is 1. The molecule has 202 valence electrons. The minimum absolute atomic E-state index is 0. The summed E-state index contributed by atoms with van der Waals surface area (Å²) in [4.78, 5) is 0. The minimum atomic E-state index is -0.437. The summed E-state index contributed by atoms with van der Waals surface area (Å²) in [5.41, 5.74) is 5.81. The molecule has 4 rings (SSSR count). The first-order valence-corrected chi connectivity index (χ1v) is 14.7. The third-order valence-electron chi connectivity index (χ3n) is 10.4. The fraction of sp³-hybridized carbons (Fsp3) is 0.657. The summed E-state index contributed by atoms with van der Waals surface area (Å²) in [6.07, 6.45) is 28.6. The molecule has 7 atom stereocenters. The van der Waals surface area contributed by atoms with E-state index in [9.17, 15) is 5.11 Å². The molecule has 0 spiro atoms. The second-order valence-corrected chi connectivity index (χ2v) is 13.1. The monoisotopic (exact) mass is 670 g/mol. The molecule has 1 N–H and O–H groups in total. The van der Waals surface area contributed by atoms with Gasteiger partial charge in [-0.2, -0.15) is 0 Å². The zero-order valence-electron chi connectivity index (χ0n) is 24.3. The van der Waals surface area contributed by atoms with Gasteiger partial charge in [0.25, 0.3) is 0 Å². The summed E-state index contributed by atoms with van der Waals surface area (Å²) in [5.74, 6) is 3.24. The Balaban J connectivity index is 0.00000380. The molecule has 0 aromatic heterocycles. The molecule has 0 aromatic rings. The molecule has 0 bridgehead atoms. The van der Waals surface area contributed by atoms with E-state index in [2.05, 4.69) is 70.7 Å². The Morgan fingerprint density at radius 1 is 1.14 bits per heavy atom. The molecule has 4 fully saturated rings. The van der Waals surface area contributed by atoms with E-state index in [1.165, 1.54) is 56.1 Å². The zero-order valence-corrected chi connectivity index (χ0v) is 27.2. The van der Waals surface area contributed by atoms with Gasteiger partial charge in [0.1, 0.15) is 0 Å². The maximum atomic E-state index is 11.0. The fourth-order valence-electron chi connectivity index (χ4n) is 7.76. The maximum Gasteiger partial charge on any atom is 2.00 e. The standard InChI is InChI=1S/C35H50O.W/c1-8-24(2)17-19-35(20-21-35)33(36)16-11-26(4)31-14-15-32-29(10-9-18-34(31,32)7)12-13-30-23-25(3)22-27(5)28(30)6;/h11-13,16-17,25-27,31-33,36H,6,9-10,14-15,18,20-23H2,1-5,7H3;/q-2;+2/b16-11+,29-12+,30-13-;/t25-,26+,27-,31+,32-,33?,34+;/m0./s1. The van der Waals surface area contributed by atoms with Gasteiger partial charge >= 0.3 is 21.1 Å². The SMILES string of the molecule is C=C1/C(=C\C=C2/CCC[C@]3(C)[C@@H]([C@H](C)/C=C/C(O)C4([C-]=CC(C)=[C-]C)CC4)CC[C@@H]23)C[C@@H](C)C[C@@H]1C.[W+2]. The Morgan fingerprint density at radius 3 is 2.54 bits per heavy atom. The second-order valence-electron chi connectivity index (χ2n) is 13.1. The van der Waals surface area contributed by atoms with Crippen LogP contribution in [0.1, 0.15) is 99.3 Å². The summed E-state index contributed by atoms with van der Waals surface area (Å²) >= 11 is 0. The predicted octanol–water partition coefficient (Wildman–Crippen LogP) is 9.14. The van der Waals surface area contributed by atoms with Crippen molar-refractivity contribution >= 4 is 0 Å². The summed E-state index contributed by atoms with van der Waals surface area (Å²) in [7, 11) is 0. The first kappa shape index (κ1) is 30.6. The van der Waals surface area contributed by atoms with E-state index in [1.54, 1.807) is 5.57 Å². The van der Waals surface area contributed by atoms with Crippen molar-refractivity contribution in [2.75, 3.05) is 0 Å². The first-order chi connectivity index (χ1) is 17.1. The molecule has 1 nitrogen and oxygen atoms in total. The van der Waals surface area contributed by atoms with Crippen molar-refractivity contribution in [3.05, 3.63) is 71.4 Å². The van der Waals surface area contributed by atoms with E-state index in [1.807, 2.05) is 19.9 Å². The van der Waals surface area contributed by atoms with Crippen molar-refractivity contribution in [1.82, 2.24) is 0 Å². The molecule has 0 aromatic carbocycles. The quantitative estimate of drug-likeness (QED) is 0.163. The number of rotatable bonds is 7. The van der Waals surface area contributed by atoms with Crippen LogP contribution in [0, 0.1) is 52.6 Å². The third kappa shape index (κ3) is 6.64. The van der Waals surface area contributed by atoms with E-state index in [0.29, 0.717) is 29.1 Å². The van der Waals surface area contributed by atoms with Crippen molar-refractivity contribution < 1.29 is 26.2 Å². The molecular weight excluding hydrogens is 620 g/mol. The Kier molecular flexibility index (Phi) is 10.4. The van der Waals surface area contributed by atoms with Crippen LogP contribution in [0.4, 0.5) is 0 Å². The van der Waals surface area contributed by atoms with Gasteiger partial charge in [-0.1, -0.05) is 82.4 Å². The molecule has 0 heterocycles. The van der Waals surface area contributed by atoms with Crippen LogP contribution in [0.25, 0.3) is 0 Å². The van der Waals surface area contributed by atoms with Gasteiger partial charge in [-0.25, -0.2) is 0 Å². The maximum absolute atomic E-state index is 11.0. The van der Waals surface area contributed by atoms with E-state index in [-0.39, 0.29) is 26.5 Å². The second kappa shape index (κ2) is 12.5. The number of allylic oxidation sites excluding steroid dienone is 9. The molecule has 4 saturated carbocycles. The normalized spacial score (nSPS) is 37.7. The fourth-order valence-corrected chi connectivity index (χ4v) is 7.76. The van der Waals surface area contributed by atoms with E-state index >= 15 is 0 Å². The summed E-state index contributed by atoms with van der Waals surface area (Å²) in [5, 5.41) is 11.0. The largest absolute Gasteiger partial charge is 2.00 e. The molecule has 4 aliphatic rings. The van der Waals surface area contributed by atoms with Crippen LogP contribution in [0.3, 0.4) is 0 Å². The summed E-state index contributed by atoms with van der Waals surface area (Å²) in [6.45, 7) is 18.1. The molecule has 0 aliphatic heterocycles. The molecule has 0 radical (unpaired) electrons. The van der Waals surface area contributed by atoms with Crippen LogP contribution < -0.4 is 0 Å². The molecule has 37 heavy (non-hydrogen) atoms. The van der Waals surface area contributed by atoms with Crippen LogP contribution >= 0.6 is 0 Å². The van der Waals surface area contributed by atoms with Crippen LogP contribution in [0.5, 0.6) is 0 Å². The Morgan fingerprint density at radius 2 is 1.86 bits per heavy atom. The third-order valence-corrected chi connectivity index (χ3v) is 10.4. The van der Waals surface area contributed by atoms with Crippen LogP contribution in [0.15, 0.2) is 59.3 Å². The minimum Gasteiger partial charge on any atom is -0.390 e. The van der Waals surface area contributed by atoms with Gasteiger partial charge < -0.3 is 28.9 Å². The van der Waals surface area contributed by atoms with Crippen molar-refractivity contribution in [2.24, 2.45) is 40.4 Å². The van der Waals surface area contributed by atoms with Gasteiger partial charge in [0.15, 0.2) is 0 Å². The molecule has 0 amide bonds. The number of hydrogen-bond donors (Lipinski definition) is 1. The van der Waals surface area contributed by atoms with Crippen molar-refractivity contribution in [3.63, 3.8) is 0 Å². The topological polar surface area (TPSA) is 20.2 Å². The predicted molar refractivity (Wildman–Crippen MR) is 153 cm³/mol. The number of fused-ring (bicyclic) bond motifs is 1.